The molecule has 18 heavy (non-hydrogen) atoms. The van der Waals surface area contributed by atoms with Crippen LogP contribution >= 0.6 is 15.9 Å². The average Bonchev–Trinajstić information content (AvgIpc) is 2.32. The van der Waals surface area contributed by atoms with Crippen molar-refractivity contribution in [3.8, 4) is 0 Å². The van der Waals surface area contributed by atoms with Gasteiger partial charge >= 0.3 is 5.97 Å². The molecule has 0 unspecified atom stereocenters. The number of carboxylic acid groups (broad SMARTS) is 1. The van der Waals surface area contributed by atoms with Gasteiger partial charge in [-0.2, -0.15) is 0 Å². The van der Waals surface area contributed by atoms with Gasteiger partial charge in [0.05, 0.1) is 11.3 Å². The Labute approximate surface area is 115 Å². The number of aromatic carboxylic acids is 1. The minimum absolute atomic E-state index is 0.331. The molecule has 2 N–H and O–H groups in total. The smallest absolute Gasteiger partial charge is 0.337 e. The van der Waals surface area contributed by atoms with E-state index < -0.39 is 5.97 Å². The van der Waals surface area contributed by atoms with Gasteiger partial charge in [0.15, 0.2) is 0 Å². The fourth-order valence-corrected chi connectivity index (χ4v) is 2.56. The van der Waals surface area contributed by atoms with Gasteiger partial charge in [-0.3, -0.25) is 0 Å². The van der Waals surface area contributed by atoms with Crippen LogP contribution in [-0.2, 0) is 0 Å². The molecular weight excluding hydrogens is 296 g/mol. The average molecular weight is 313 g/mol. The minimum Gasteiger partial charge on any atom is -0.478 e. The van der Waals surface area contributed by atoms with E-state index in [0.29, 0.717) is 17.3 Å². The van der Waals surface area contributed by atoms with E-state index in [9.17, 15) is 4.79 Å². The quantitative estimate of drug-likeness (QED) is 0.901. The molecule has 0 amide bonds. The Morgan fingerprint density at radius 3 is 2.72 bits per heavy atom. The second-order valence-electron chi connectivity index (χ2n) is 4.72. The largest absolute Gasteiger partial charge is 0.478 e. The first kappa shape index (κ1) is 13.4. The fourth-order valence-electron chi connectivity index (χ4n) is 2.20. The molecule has 1 aromatic carbocycles. The molecule has 0 bridgehead atoms. The van der Waals surface area contributed by atoms with Gasteiger partial charge in [-0.25, -0.2) is 4.79 Å². The molecule has 0 saturated carbocycles. The molecule has 0 aromatic heterocycles. The summed E-state index contributed by atoms with van der Waals surface area (Å²) >= 11 is 3.38. The van der Waals surface area contributed by atoms with Crippen molar-refractivity contribution in [1.29, 1.82) is 0 Å². The summed E-state index contributed by atoms with van der Waals surface area (Å²) in [4.78, 5) is 13.5. The third-order valence-electron chi connectivity index (χ3n) is 3.29. The molecule has 0 aliphatic carbocycles. The van der Waals surface area contributed by atoms with Gasteiger partial charge in [-0.1, -0.05) is 15.9 Å². The summed E-state index contributed by atoms with van der Waals surface area (Å²) in [5.74, 6) is -0.891. The van der Waals surface area contributed by atoms with Crippen LogP contribution in [0, 0.1) is 0 Å². The number of hydrogen-bond donors (Lipinski definition) is 2. The van der Waals surface area contributed by atoms with E-state index in [4.69, 9.17) is 5.11 Å². The maximum absolute atomic E-state index is 11.2. The normalized spacial score (nSPS) is 17.7. The van der Waals surface area contributed by atoms with Gasteiger partial charge in [-0.05, 0) is 51.2 Å². The zero-order chi connectivity index (χ0) is 13.1. The summed E-state index contributed by atoms with van der Waals surface area (Å²) in [5.41, 5.74) is 1.03. The van der Waals surface area contributed by atoms with Gasteiger partial charge in [0, 0.05) is 10.5 Å². The zero-order valence-corrected chi connectivity index (χ0v) is 11.9. The number of carbonyl (C=O) groups is 1. The summed E-state index contributed by atoms with van der Waals surface area (Å²) in [6.45, 7) is 2.10. The van der Waals surface area contributed by atoms with E-state index in [2.05, 4.69) is 33.2 Å². The van der Waals surface area contributed by atoms with Gasteiger partial charge in [0.25, 0.3) is 0 Å². The first-order valence-electron chi connectivity index (χ1n) is 6.04. The molecule has 1 heterocycles. The van der Waals surface area contributed by atoms with Crippen LogP contribution in [0.4, 0.5) is 5.69 Å². The van der Waals surface area contributed by atoms with Gasteiger partial charge in [0.2, 0.25) is 0 Å². The van der Waals surface area contributed by atoms with Crippen LogP contribution in [0.3, 0.4) is 0 Å². The van der Waals surface area contributed by atoms with Crippen molar-refractivity contribution in [2.75, 3.05) is 25.5 Å². The lowest BCUT2D eigenvalue weighted by molar-refractivity contribution is 0.0698. The first-order chi connectivity index (χ1) is 8.56. The lowest BCUT2D eigenvalue weighted by Crippen LogP contribution is -2.37. The number of benzene rings is 1. The molecule has 0 radical (unpaired) electrons. The highest BCUT2D eigenvalue weighted by Crippen LogP contribution is 2.24. The second-order valence-corrected chi connectivity index (χ2v) is 5.63. The van der Waals surface area contributed by atoms with Crippen LogP contribution in [0.5, 0.6) is 0 Å². The maximum atomic E-state index is 11.2. The van der Waals surface area contributed by atoms with Crippen molar-refractivity contribution in [1.82, 2.24) is 4.90 Å². The topological polar surface area (TPSA) is 52.6 Å². The number of likely N-dealkylation sites (tertiary alicyclic amines) is 1. The van der Waals surface area contributed by atoms with E-state index >= 15 is 0 Å². The van der Waals surface area contributed by atoms with E-state index in [1.165, 1.54) is 0 Å². The monoisotopic (exact) mass is 312 g/mol. The van der Waals surface area contributed by atoms with Crippen molar-refractivity contribution in [2.24, 2.45) is 0 Å². The molecule has 2 rings (SSSR count). The predicted molar refractivity (Wildman–Crippen MR) is 75.2 cm³/mol. The van der Waals surface area contributed by atoms with Crippen LogP contribution in [0.25, 0.3) is 0 Å². The number of nitrogens with zero attached hydrogens (tertiary/aromatic N) is 1. The summed E-state index contributed by atoms with van der Waals surface area (Å²) in [6, 6.07) is 5.57. The minimum atomic E-state index is -0.891. The highest BCUT2D eigenvalue weighted by Gasteiger charge is 2.19. The Bertz CT molecular complexity index is 443. The highest BCUT2D eigenvalue weighted by molar-refractivity contribution is 9.10. The maximum Gasteiger partial charge on any atom is 0.337 e. The molecule has 98 valence electrons. The Hall–Kier alpha value is -1.07. The molecule has 1 aliphatic rings. The molecule has 1 fully saturated rings. The second kappa shape index (κ2) is 5.71. The van der Waals surface area contributed by atoms with Crippen LogP contribution in [0.1, 0.15) is 23.2 Å². The van der Waals surface area contributed by atoms with Crippen LogP contribution in [-0.4, -0.2) is 42.2 Å². The Morgan fingerprint density at radius 2 is 2.11 bits per heavy atom. The summed E-state index contributed by atoms with van der Waals surface area (Å²) in [7, 11) is 2.11. The molecule has 1 aliphatic heterocycles. The summed E-state index contributed by atoms with van der Waals surface area (Å²) in [6.07, 6.45) is 2.09. The standard InChI is InChI=1S/C13H17BrN2O2/c1-16-6-4-10(5-7-16)15-12-8-9(14)2-3-11(12)13(17)18/h2-3,8,10,15H,4-7H2,1H3,(H,17,18). The van der Waals surface area contributed by atoms with Crippen LogP contribution < -0.4 is 5.32 Å². The van der Waals surface area contributed by atoms with Crippen molar-refractivity contribution in [3.05, 3.63) is 28.2 Å². The number of rotatable bonds is 3. The van der Waals surface area contributed by atoms with Crippen molar-refractivity contribution in [2.45, 2.75) is 18.9 Å². The van der Waals surface area contributed by atoms with Crippen LogP contribution in [0.2, 0.25) is 0 Å². The number of halogens is 1. The first-order valence-corrected chi connectivity index (χ1v) is 6.83. The van der Waals surface area contributed by atoms with Crippen molar-refractivity contribution < 1.29 is 9.90 Å². The Morgan fingerprint density at radius 1 is 1.44 bits per heavy atom. The predicted octanol–water partition coefficient (Wildman–Crippen LogP) is 2.65. The molecule has 5 heteroatoms. The lowest BCUT2D eigenvalue weighted by Gasteiger charge is -2.30. The summed E-state index contributed by atoms with van der Waals surface area (Å²) in [5, 5.41) is 12.5. The molecular formula is C13H17BrN2O2. The summed E-state index contributed by atoms with van der Waals surface area (Å²) < 4.78 is 0.892. The van der Waals surface area contributed by atoms with Gasteiger partial charge in [0.1, 0.15) is 0 Å². The fraction of sp³-hybridized carbons (Fsp3) is 0.462. The van der Waals surface area contributed by atoms with Crippen molar-refractivity contribution in [3.63, 3.8) is 0 Å². The van der Waals surface area contributed by atoms with E-state index in [1.54, 1.807) is 12.1 Å². The van der Waals surface area contributed by atoms with Crippen molar-refractivity contribution >= 4 is 27.6 Å². The number of piperidine rings is 1. The molecule has 1 aromatic rings. The Kier molecular flexibility index (Phi) is 4.24. The third kappa shape index (κ3) is 3.23. The van der Waals surface area contributed by atoms with Crippen LogP contribution in [0.15, 0.2) is 22.7 Å². The van der Waals surface area contributed by atoms with E-state index in [1.807, 2.05) is 6.07 Å². The molecule has 0 spiro atoms. The molecule has 1 saturated heterocycles. The number of hydrogen-bond acceptors (Lipinski definition) is 3. The lowest BCUT2D eigenvalue weighted by atomic mass is 10.0. The van der Waals surface area contributed by atoms with Gasteiger partial charge < -0.3 is 15.3 Å². The Balaban J connectivity index is 2.12. The highest BCUT2D eigenvalue weighted by atomic mass is 79.9. The molecule has 4 nitrogen and oxygen atoms in total. The van der Waals surface area contributed by atoms with E-state index in [0.717, 1.165) is 30.4 Å². The SMILES string of the molecule is CN1CCC(Nc2cc(Br)ccc2C(=O)O)CC1. The number of anilines is 1. The number of nitrogens with one attached hydrogen (secondary N) is 1. The van der Waals surface area contributed by atoms with E-state index in [-0.39, 0.29) is 0 Å². The molecule has 0 atom stereocenters. The zero-order valence-electron chi connectivity index (χ0n) is 10.3. The number of carboxylic acids is 1. The van der Waals surface area contributed by atoms with Gasteiger partial charge in [-0.15, -0.1) is 0 Å². The third-order valence-corrected chi connectivity index (χ3v) is 3.78.